The van der Waals surface area contributed by atoms with Crippen LogP contribution in [0.4, 0.5) is 0 Å². The molecule has 0 aromatic carbocycles. The van der Waals surface area contributed by atoms with Crippen LogP contribution in [-0.4, -0.2) is 44.9 Å². The predicted molar refractivity (Wildman–Crippen MR) is 59.1 cm³/mol. The quantitative estimate of drug-likeness (QED) is 0.536. The Hall–Kier alpha value is -0.680. The second-order valence-corrected chi connectivity index (χ2v) is 3.98. The Kier molecular flexibility index (Phi) is 3.44. The van der Waals surface area contributed by atoms with Crippen LogP contribution in [0.25, 0.3) is 0 Å². The normalized spacial score (nSPS) is 36.8. The van der Waals surface area contributed by atoms with Crippen molar-refractivity contribution in [2.24, 2.45) is 0 Å². The number of ether oxygens (including phenoxy) is 4. The van der Waals surface area contributed by atoms with Crippen LogP contribution in [0.1, 0.15) is 6.42 Å². The fraction of sp³-hybridized carbons (Fsp3) is 0.667. The highest BCUT2D eigenvalue weighted by Crippen LogP contribution is 2.37. The first kappa shape index (κ1) is 11.8. The van der Waals surface area contributed by atoms with Gasteiger partial charge in [-0.3, -0.25) is 0 Å². The van der Waals surface area contributed by atoms with Gasteiger partial charge >= 0.3 is 0 Å². The third kappa shape index (κ3) is 1.82. The van der Waals surface area contributed by atoms with Gasteiger partial charge in [-0.2, -0.15) is 0 Å². The van der Waals surface area contributed by atoms with E-state index in [2.05, 4.69) is 6.58 Å². The van der Waals surface area contributed by atoms with Crippen LogP contribution in [0.15, 0.2) is 24.8 Å². The third-order valence-corrected chi connectivity index (χ3v) is 3.20. The summed E-state index contributed by atoms with van der Waals surface area (Å²) in [6.45, 7) is 4.32. The van der Waals surface area contributed by atoms with Gasteiger partial charge < -0.3 is 18.9 Å². The Morgan fingerprint density at radius 1 is 1.44 bits per heavy atom. The molecule has 16 heavy (non-hydrogen) atoms. The van der Waals surface area contributed by atoms with Gasteiger partial charge in [-0.1, -0.05) is 18.2 Å². The molecule has 2 aliphatic rings. The summed E-state index contributed by atoms with van der Waals surface area (Å²) in [4.78, 5) is 0. The molecule has 4 nitrogen and oxygen atoms in total. The number of rotatable bonds is 3. The molecule has 4 heteroatoms. The van der Waals surface area contributed by atoms with Crippen LogP contribution in [-0.2, 0) is 18.9 Å². The zero-order valence-electron chi connectivity index (χ0n) is 9.72. The molecule has 0 radical (unpaired) electrons. The van der Waals surface area contributed by atoms with Gasteiger partial charge in [0.15, 0.2) is 5.79 Å². The molecule has 0 N–H and O–H groups in total. The van der Waals surface area contributed by atoms with Gasteiger partial charge in [0.05, 0.1) is 12.7 Å². The monoisotopic (exact) mass is 226 g/mol. The molecule has 90 valence electrons. The SMILES string of the molecule is C=C[C@H]1CC(OC)(OC)[C@H]2OCC=C[C@H]2O1. The Balaban J connectivity index is 2.27. The lowest BCUT2D eigenvalue weighted by atomic mass is 9.92. The summed E-state index contributed by atoms with van der Waals surface area (Å²) in [6.07, 6.45) is 5.88. The average Bonchev–Trinajstić information content (AvgIpc) is 2.37. The number of hydrogen-bond donors (Lipinski definition) is 0. The zero-order chi connectivity index (χ0) is 11.6. The van der Waals surface area contributed by atoms with E-state index in [1.165, 1.54) is 0 Å². The van der Waals surface area contributed by atoms with Crippen LogP contribution in [0.5, 0.6) is 0 Å². The summed E-state index contributed by atoms with van der Waals surface area (Å²) in [7, 11) is 3.27. The highest BCUT2D eigenvalue weighted by molar-refractivity contribution is 5.08. The molecule has 2 aliphatic heterocycles. The highest BCUT2D eigenvalue weighted by atomic mass is 16.7. The molecule has 0 unspecified atom stereocenters. The summed E-state index contributed by atoms with van der Waals surface area (Å²) in [5.41, 5.74) is 0. The van der Waals surface area contributed by atoms with Gasteiger partial charge in [0.25, 0.3) is 0 Å². The molecular weight excluding hydrogens is 208 g/mol. The van der Waals surface area contributed by atoms with Crippen LogP contribution in [0, 0.1) is 0 Å². The second kappa shape index (κ2) is 4.67. The molecule has 0 bridgehead atoms. The van der Waals surface area contributed by atoms with Crippen molar-refractivity contribution in [1.82, 2.24) is 0 Å². The van der Waals surface area contributed by atoms with Gasteiger partial charge in [0, 0.05) is 20.6 Å². The van der Waals surface area contributed by atoms with Crippen LogP contribution in [0.3, 0.4) is 0 Å². The van der Waals surface area contributed by atoms with Crippen molar-refractivity contribution >= 4 is 0 Å². The first-order valence-corrected chi connectivity index (χ1v) is 5.42. The summed E-state index contributed by atoms with van der Waals surface area (Å²) >= 11 is 0. The van der Waals surface area contributed by atoms with Gasteiger partial charge in [0.2, 0.25) is 0 Å². The molecule has 0 amide bonds. The molecule has 1 fully saturated rings. The minimum Gasteiger partial charge on any atom is -0.365 e. The maximum Gasteiger partial charge on any atom is 0.199 e. The van der Waals surface area contributed by atoms with Crippen molar-refractivity contribution in [3.63, 3.8) is 0 Å². The minimum atomic E-state index is -0.744. The van der Waals surface area contributed by atoms with E-state index in [9.17, 15) is 0 Å². The maximum atomic E-state index is 5.81. The van der Waals surface area contributed by atoms with Crippen LogP contribution < -0.4 is 0 Å². The van der Waals surface area contributed by atoms with Gasteiger partial charge in [-0.25, -0.2) is 0 Å². The lowest BCUT2D eigenvalue weighted by Crippen LogP contribution is -2.60. The topological polar surface area (TPSA) is 36.9 Å². The van der Waals surface area contributed by atoms with Crippen molar-refractivity contribution in [3.8, 4) is 0 Å². The lowest BCUT2D eigenvalue weighted by Gasteiger charge is -2.47. The van der Waals surface area contributed by atoms with Crippen molar-refractivity contribution in [2.75, 3.05) is 20.8 Å². The number of hydrogen-bond acceptors (Lipinski definition) is 4. The summed E-state index contributed by atoms with van der Waals surface area (Å²) in [5, 5.41) is 0. The van der Waals surface area contributed by atoms with Crippen molar-refractivity contribution in [1.29, 1.82) is 0 Å². The minimum absolute atomic E-state index is 0.0764. The predicted octanol–water partition coefficient (Wildman–Crippen LogP) is 1.27. The molecule has 0 aromatic rings. The summed E-state index contributed by atoms with van der Waals surface area (Å²) < 4.78 is 22.5. The van der Waals surface area contributed by atoms with E-state index in [0.29, 0.717) is 13.0 Å². The van der Waals surface area contributed by atoms with Gasteiger partial charge in [-0.05, 0) is 0 Å². The fourth-order valence-electron chi connectivity index (χ4n) is 2.31. The van der Waals surface area contributed by atoms with E-state index in [1.807, 2.05) is 12.2 Å². The smallest absolute Gasteiger partial charge is 0.199 e. The fourth-order valence-corrected chi connectivity index (χ4v) is 2.31. The molecular formula is C12H18O4. The molecule has 0 aromatic heterocycles. The second-order valence-electron chi connectivity index (χ2n) is 3.98. The molecule has 2 rings (SSSR count). The van der Waals surface area contributed by atoms with E-state index < -0.39 is 5.79 Å². The van der Waals surface area contributed by atoms with Crippen LogP contribution in [0.2, 0.25) is 0 Å². The molecule has 3 atom stereocenters. The van der Waals surface area contributed by atoms with E-state index in [-0.39, 0.29) is 18.3 Å². The zero-order valence-corrected chi connectivity index (χ0v) is 9.72. The van der Waals surface area contributed by atoms with Crippen molar-refractivity contribution < 1.29 is 18.9 Å². The molecule has 1 saturated heterocycles. The van der Waals surface area contributed by atoms with Crippen LogP contribution >= 0.6 is 0 Å². The highest BCUT2D eigenvalue weighted by Gasteiger charge is 2.51. The maximum absolute atomic E-state index is 5.81. The summed E-state index contributed by atoms with van der Waals surface area (Å²) in [6, 6.07) is 0. The largest absolute Gasteiger partial charge is 0.365 e. The molecule has 0 spiro atoms. The Bertz CT molecular complexity index is 283. The van der Waals surface area contributed by atoms with E-state index in [4.69, 9.17) is 18.9 Å². The van der Waals surface area contributed by atoms with E-state index in [0.717, 1.165) is 0 Å². The number of methoxy groups -OCH3 is 2. The van der Waals surface area contributed by atoms with E-state index in [1.54, 1.807) is 20.3 Å². The van der Waals surface area contributed by atoms with Crippen molar-refractivity contribution in [3.05, 3.63) is 24.8 Å². The Morgan fingerprint density at radius 3 is 2.81 bits per heavy atom. The first-order valence-electron chi connectivity index (χ1n) is 5.42. The summed E-state index contributed by atoms with van der Waals surface area (Å²) in [5.74, 6) is -0.744. The lowest BCUT2D eigenvalue weighted by molar-refractivity contribution is -0.322. The molecule has 0 aliphatic carbocycles. The molecule has 2 heterocycles. The average molecular weight is 226 g/mol. The standard InChI is InChI=1S/C12H18O4/c1-4-9-8-12(13-2,14-3)11-10(16-9)6-5-7-15-11/h4-6,9-11H,1,7-8H2,2-3H3/t9-,10+,11-/m0/s1. The van der Waals surface area contributed by atoms with Gasteiger partial charge in [0.1, 0.15) is 12.2 Å². The first-order chi connectivity index (χ1) is 7.75. The number of fused-ring (bicyclic) bond motifs is 1. The van der Waals surface area contributed by atoms with Gasteiger partial charge in [-0.15, -0.1) is 6.58 Å². The Labute approximate surface area is 95.8 Å². The van der Waals surface area contributed by atoms with E-state index >= 15 is 0 Å². The Morgan fingerprint density at radius 2 is 2.19 bits per heavy atom. The molecule has 0 saturated carbocycles. The third-order valence-electron chi connectivity index (χ3n) is 3.20. The van der Waals surface area contributed by atoms with Crippen molar-refractivity contribution in [2.45, 2.75) is 30.5 Å².